The van der Waals surface area contributed by atoms with E-state index in [0.29, 0.717) is 23.0 Å². The van der Waals surface area contributed by atoms with Crippen LogP contribution >= 0.6 is 15.9 Å². The Bertz CT molecular complexity index is 839. The zero-order chi connectivity index (χ0) is 15.4. The Labute approximate surface area is 135 Å². The smallest absolute Gasteiger partial charge is 0.264 e. The van der Waals surface area contributed by atoms with Crippen molar-refractivity contribution in [3.63, 3.8) is 0 Å². The highest BCUT2D eigenvalue weighted by atomic mass is 79.9. The van der Waals surface area contributed by atoms with Gasteiger partial charge in [-0.1, -0.05) is 39.3 Å². The summed E-state index contributed by atoms with van der Waals surface area (Å²) in [4.78, 5) is 4.29. The summed E-state index contributed by atoms with van der Waals surface area (Å²) < 4.78 is 11.7. The lowest BCUT2D eigenvalue weighted by atomic mass is 10.2. The minimum absolute atomic E-state index is 0.149. The molecule has 0 fully saturated rings. The number of nitrogens with zero attached hydrogens (tertiary/aromatic N) is 3. The first-order valence-electron chi connectivity index (χ1n) is 6.46. The molecule has 0 amide bonds. The van der Waals surface area contributed by atoms with Crippen LogP contribution in [0.25, 0.3) is 11.4 Å². The van der Waals surface area contributed by atoms with Gasteiger partial charge < -0.3 is 9.26 Å². The fourth-order valence-electron chi connectivity index (χ4n) is 1.86. The fraction of sp³-hybridized carbons (Fsp3) is 0.0625. The summed E-state index contributed by atoms with van der Waals surface area (Å²) in [5.41, 5.74) is 1.40. The molecule has 0 N–H and O–H groups in total. The lowest BCUT2D eigenvalue weighted by Gasteiger charge is -2.02. The molecule has 22 heavy (non-hydrogen) atoms. The second-order valence-electron chi connectivity index (χ2n) is 4.45. The highest BCUT2D eigenvalue weighted by Crippen LogP contribution is 2.21. The van der Waals surface area contributed by atoms with E-state index in [1.165, 1.54) is 0 Å². The van der Waals surface area contributed by atoms with Crippen LogP contribution in [-0.4, -0.2) is 10.1 Å². The Kier molecular flexibility index (Phi) is 4.17. The molecule has 0 saturated heterocycles. The molecule has 108 valence electrons. The SMILES string of the molecule is N#Cc1cccc(OCc2nc(-c3cccc(Br)c3)no2)c1. The van der Waals surface area contributed by atoms with E-state index in [1.807, 2.05) is 24.3 Å². The summed E-state index contributed by atoms with van der Waals surface area (Å²) >= 11 is 3.40. The van der Waals surface area contributed by atoms with Gasteiger partial charge in [0.15, 0.2) is 6.61 Å². The van der Waals surface area contributed by atoms with Crippen LogP contribution in [-0.2, 0) is 6.61 Å². The van der Waals surface area contributed by atoms with Crippen molar-refractivity contribution in [1.29, 1.82) is 5.26 Å². The Morgan fingerprint density at radius 2 is 2.05 bits per heavy atom. The molecule has 0 atom stereocenters. The van der Waals surface area contributed by atoms with E-state index in [0.717, 1.165) is 10.0 Å². The molecule has 1 heterocycles. The van der Waals surface area contributed by atoms with E-state index in [4.69, 9.17) is 14.5 Å². The zero-order valence-corrected chi connectivity index (χ0v) is 12.9. The Balaban J connectivity index is 1.71. The highest BCUT2D eigenvalue weighted by Gasteiger charge is 2.09. The van der Waals surface area contributed by atoms with Crippen molar-refractivity contribution in [3.05, 3.63) is 64.5 Å². The third kappa shape index (κ3) is 3.32. The first kappa shape index (κ1) is 14.3. The van der Waals surface area contributed by atoms with Crippen LogP contribution in [0.4, 0.5) is 0 Å². The second kappa shape index (κ2) is 6.41. The molecule has 6 heteroatoms. The van der Waals surface area contributed by atoms with Crippen LogP contribution < -0.4 is 4.74 Å². The van der Waals surface area contributed by atoms with Crippen molar-refractivity contribution >= 4 is 15.9 Å². The number of hydrogen-bond donors (Lipinski definition) is 0. The largest absolute Gasteiger partial charge is 0.484 e. The lowest BCUT2D eigenvalue weighted by Crippen LogP contribution is -1.96. The maximum Gasteiger partial charge on any atom is 0.264 e. The maximum atomic E-state index is 8.85. The summed E-state index contributed by atoms with van der Waals surface area (Å²) in [6, 6.07) is 16.6. The molecule has 1 aromatic heterocycles. The van der Waals surface area contributed by atoms with Crippen LogP contribution in [0.15, 0.2) is 57.5 Å². The summed E-state index contributed by atoms with van der Waals surface area (Å²) in [5.74, 6) is 1.46. The molecule has 0 spiro atoms. The van der Waals surface area contributed by atoms with E-state index < -0.39 is 0 Å². The maximum absolute atomic E-state index is 8.85. The number of rotatable bonds is 4. The normalized spacial score (nSPS) is 10.2. The van der Waals surface area contributed by atoms with Gasteiger partial charge in [0.25, 0.3) is 5.89 Å². The fourth-order valence-corrected chi connectivity index (χ4v) is 2.26. The van der Waals surface area contributed by atoms with Crippen molar-refractivity contribution in [2.24, 2.45) is 0 Å². The quantitative estimate of drug-likeness (QED) is 0.708. The highest BCUT2D eigenvalue weighted by molar-refractivity contribution is 9.10. The molecule has 0 aliphatic rings. The second-order valence-corrected chi connectivity index (χ2v) is 5.37. The number of benzene rings is 2. The lowest BCUT2D eigenvalue weighted by molar-refractivity contribution is 0.243. The molecular weight excluding hydrogens is 346 g/mol. The summed E-state index contributed by atoms with van der Waals surface area (Å²) in [7, 11) is 0. The van der Waals surface area contributed by atoms with E-state index in [9.17, 15) is 0 Å². The van der Waals surface area contributed by atoms with Crippen LogP contribution in [0.1, 0.15) is 11.5 Å². The number of halogens is 1. The minimum atomic E-state index is 0.149. The molecule has 2 aromatic carbocycles. The van der Waals surface area contributed by atoms with Crippen LogP contribution in [0, 0.1) is 11.3 Å². The predicted molar refractivity (Wildman–Crippen MR) is 82.9 cm³/mol. The van der Waals surface area contributed by atoms with Gasteiger partial charge in [-0.2, -0.15) is 10.2 Å². The number of ether oxygens (including phenoxy) is 1. The van der Waals surface area contributed by atoms with Gasteiger partial charge in [-0.05, 0) is 30.3 Å². The van der Waals surface area contributed by atoms with Gasteiger partial charge in [0.2, 0.25) is 5.82 Å². The first-order valence-corrected chi connectivity index (χ1v) is 7.25. The van der Waals surface area contributed by atoms with Gasteiger partial charge in [-0.25, -0.2) is 0 Å². The topological polar surface area (TPSA) is 71.9 Å². The van der Waals surface area contributed by atoms with Crippen molar-refractivity contribution in [2.75, 3.05) is 0 Å². The predicted octanol–water partition coefficient (Wildman–Crippen LogP) is 3.95. The summed E-state index contributed by atoms with van der Waals surface area (Å²) in [6.45, 7) is 0.149. The van der Waals surface area contributed by atoms with Gasteiger partial charge in [-0.15, -0.1) is 0 Å². The summed E-state index contributed by atoms with van der Waals surface area (Å²) in [6.07, 6.45) is 0. The number of nitriles is 1. The molecule has 0 unspecified atom stereocenters. The van der Waals surface area contributed by atoms with Crippen molar-refractivity contribution in [3.8, 4) is 23.2 Å². The van der Waals surface area contributed by atoms with E-state index in [2.05, 4.69) is 32.1 Å². The summed E-state index contributed by atoms with van der Waals surface area (Å²) in [5, 5.41) is 12.8. The van der Waals surface area contributed by atoms with E-state index in [-0.39, 0.29) is 6.61 Å². The van der Waals surface area contributed by atoms with Crippen molar-refractivity contribution in [1.82, 2.24) is 10.1 Å². The van der Waals surface area contributed by atoms with E-state index in [1.54, 1.807) is 24.3 Å². The third-order valence-electron chi connectivity index (χ3n) is 2.88. The van der Waals surface area contributed by atoms with Gasteiger partial charge >= 0.3 is 0 Å². The average Bonchev–Trinajstić information content (AvgIpc) is 3.02. The molecule has 0 bridgehead atoms. The van der Waals surface area contributed by atoms with Crippen LogP contribution in [0.5, 0.6) is 5.75 Å². The van der Waals surface area contributed by atoms with Gasteiger partial charge in [0.05, 0.1) is 11.6 Å². The first-order chi connectivity index (χ1) is 10.7. The molecule has 0 aliphatic carbocycles. The molecule has 0 saturated carbocycles. The number of hydrogen-bond acceptors (Lipinski definition) is 5. The number of aromatic nitrogens is 2. The minimum Gasteiger partial charge on any atom is -0.484 e. The average molecular weight is 356 g/mol. The molecular formula is C16H10BrN3O2. The van der Waals surface area contributed by atoms with Crippen LogP contribution in [0.3, 0.4) is 0 Å². The molecule has 3 rings (SSSR count). The van der Waals surface area contributed by atoms with Gasteiger partial charge in [0.1, 0.15) is 5.75 Å². The van der Waals surface area contributed by atoms with Crippen molar-refractivity contribution in [2.45, 2.75) is 6.61 Å². The van der Waals surface area contributed by atoms with Crippen molar-refractivity contribution < 1.29 is 9.26 Å². The Morgan fingerprint density at radius 1 is 1.18 bits per heavy atom. The molecule has 0 radical (unpaired) electrons. The van der Waals surface area contributed by atoms with E-state index >= 15 is 0 Å². The molecule has 0 aliphatic heterocycles. The molecule has 5 nitrogen and oxygen atoms in total. The molecule has 3 aromatic rings. The van der Waals surface area contributed by atoms with Gasteiger partial charge in [-0.3, -0.25) is 0 Å². The Morgan fingerprint density at radius 3 is 2.86 bits per heavy atom. The van der Waals surface area contributed by atoms with Gasteiger partial charge in [0, 0.05) is 10.0 Å². The Hall–Kier alpha value is -2.65. The standard InChI is InChI=1S/C16H10BrN3O2/c17-13-5-2-4-12(8-13)16-19-15(22-20-16)10-21-14-6-1-3-11(7-14)9-18/h1-8H,10H2. The van der Waals surface area contributed by atoms with Crippen LogP contribution in [0.2, 0.25) is 0 Å². The third-order valence-corrected chi connectivity index (χ3v) is 3.37. The zero-order valence-electron chi connectivity index (χ0n) is 11.4. The monoisotopic (exact) mass is 355 g/mol.